The minimum atomic E-state index is -0.325. The van der Waals surface area contributed by atoms with Crippen LogP contribution in [-0.2, 0) is 4.79 Å². The molecule has 2 aromatic carbocycles. The number of benzene rings is 2. The Morgan fingerprint density at radius 3 is 2.42 bits per heavy atom. The summed E-state index contributed by atoms with van der Waals surface area (Å²) in [6.07, 6.45) is 4.65. The van der Waals surface area contributed by atoms with Crippen LogP contribution in [0.1, 0.15) is 63.7 Å². The molecule has 168 valence electrons. The number of hydrogen-bond donors (Lipinski definition) is 3. The maximum absolute atomic E-state index is 12.3. The highest BCUT2D eigenvalue weighted by atomic mass is 16.5. The van der Waals surface area contributed by atoms with Gasteiger partial charge in [0, 0.05) is 28.5 Å². The van der Waals surface area contributed by atoms with Crippen LogP contribution in [0, 0.1) is 0 Å². The molecule has 0 heterocycles. The molecule has 0 aliphatic carbocycles. The lowest BCUT2D eigenvalue weighted by Crippen LogP contribution is -2.40. The Kier molecular flexibility index (Phi) is 9.38. The molecule has 0 radical (unpaired) electrons. The van der Waals surface area contributed by atoms with Gasteiger partial charge in [0.2, 0.25) is 5.91 Å². The molecule has 0 aliphatic heterocycles. The van der Waals surface area contributed by atoms with Crippen molar-refractivity contribution in [2.45, 2.75) is 58.9 Å². The van der Waals surface area contributed by atoms with Crippen LogP contribution in [0.25, 0.3) is 0 Å². The molecule has 0 aromatic heterocycles. The van der Waals surface area contributed by atoms with Crippen LogP contribution in [0.5, 0.6) is 5.75 Å². The van der Waals surface area contributed by atoms with Crippen molar-refractivity contribution in [1.29, 1.82) is 0 Å². The van der Waals surface area contributed by atoms with Gasteiger partial charge in [-0.3, -0.25) is 9.59 Å². The fourth-order valence-electron chi connectivity index (χ4n) is 2.95. The molecule has 31 heavy (non-hydrogen) atoms. The molecule has 0 aliphatic rings. The lowest BCUT2D eigenvalue weighted by atomic mass is 10.1. The smallest absolute Gasteiger partial charge is 0.251 e. The van der Waals surface area contributed by atoms with Gasteiger partial charge in [0.1, 0.15) is 5.75 Å². The molecular formula is C25H35N3O3. The van der Waals surface area contributed by atoms with Crippen LogP contribution < -0.4 is 20.7 Å². The summed E-state index contributed by atoms with van der Waals surface area (Å²) in [7, 11) is 0. The van der Waals surface area contributed by atoms with Gasteiger partial charge in [-0.05, 0) is 57.5 Å². The summed E-state index contributed by atoms with van der Waals surface area (Å²) in [6.45, 7) is 8.77. The van der Waals surface area contributed by atoms with E-state index in [4.69, 9.17) is 4.74 Å². The second-order valence-electron chi connectivity index (χ2n) is 8.62. The van der Waals surface area contributed by atoms with E-state index < -0.39 is 0 Å². The lowest BCUT2D eigenvalue weighted by Gasteiger charge is -2.20. The first-order valence-electron chi connectivity index (χ1n) is 11.0. The quantitative estimate of drug-likeness (QED) is 0.431. The van der Waals surface area contributed by atoms with Gasteiger partial charge in [0.25, 0.3) is 5.91 Å². The van der Waals surface area contributed by atoms with Crippen molar-refractivity contribution in [3.05, 3.63) is 54.1 Å². The SMILES string of the molecule is CCCCCCOc1cccc(NCC(=O)Nc2cccc(C(=O)NC(C)(C)C)c2)c1. The van der Waals surface area contributed by atoms with E-state index in [2.05, 4.69) is 22.9 Å². The van der Waals surface area contributed by atoms with Crippen molar-refractivity contribution < 1.29 is 14.3 Å². The molecule has 2 rings (SSSR count). The van der Waals surface area contributed by atoms with Crippen LogP contribution >= 0.6 is 0 Å². The highest BCUT2D eigenvalue weighted by molar-refractivity contribution is 5.98. The summed E-state index contributed by atoms with van der Waals surface area (Å²) in [5.74, 6) is 0.423. The van der Waals surface area contributed by atoms with Crippen LogP contribution in [0.4, 0.5) is 11.4 Å². The topological polar surface area (TPSA) is 79.5 Å². The van der Waals surface area contributed by atoms with Crippen molar-refractivity contribution in [2.75, 3.05) is 23.8 Å². The fraction of sp³-hybridized carbons (Fsp3) is 0.440. The summed E-state index contributed by atoms with van der Waals surface area (Å²) in [4.78, 5) is 24.7. The molecule has 2 amide bonds. The second kappa shape index (κ2) is 12.0. The van der Waals surface area contributed by atoms with E-state index in [0.29, 0.717) is 17.9 Å². The Labute approximate surface area is 185 Å². The van der Waals surface area contributed by atoms with Gasteiger partial charge in [-0.25, -0.2) is 0 Å². The highest BCUT2D eigenvalue weighted by Crippen LogP contribution is 2.18. The molecule has 0 spiro atoms. The summed E-state index contributed by atoms with van der Waals surface area (Å²) in [5, 5.41) is 8.86. The van der Waals surface area contributed by atoms with E-state index in [9.17, 15) is 9.59 Å². The van der Waals surface area contributed by atoms with E-state index in [0.717, 1.165) is 17.9 Å². The summed E-state index contributed by atoms with van der Waals surface area (Å²) in [6, 6.07) is 14.5. The van der Waals surface area contributed by atoms with Crippen LogP contribution in [0.15, 0.2) is 48.5 Å². The van der Waals surface area contributed by atoms with E-state index in [1.54, 1.807) is 24.3 Å². The van der Waals surface area contributed by atoms with Gasteiger partial charge in [-0.2, -0.15) is 0 Å². The molecule has 6 nitrogen and oxygen atoms in total. The van der Waals surface area contributed by atoms with Crippen molar-refractivity contribution in [3.63, 3.8) is 0 Å². The first kappa shape index (κ1) is 24.3. The average Bonchev–Trinajstić information content (AvgIpc) is 2.71. The lowest BCUT2D eigenvalue weighted by molar-refractivity contribution is -0.114. The summed E-state index contributed by atoms with van der Waals surface area (Å²) < 4.78 is 5.79. The number of unbranched alkanes of at least 4 members (excludes halogenated alkanes) is 3. The minimum absolute atomic E-state index is 0.109. The van der Waals surface area contributed by atoms with Gasteiger partial charge in [-0.1, -0.05) is 38.3 Å². The number of carbonyl (C=O) groups excluding carboxylic acids is 2. The second-order valence-corrected chi connectivity index (χ2v) is 8.62. The summed E-state index contributed by atoms with van der Waals surface area (Å²) in [5.41, 5.74) is 1.58. The third kappa shape index (κ3) is 9.55. The van der Waals surface area contributed by atoms with Crippen molar-refractivity contribution in [1.82, 2.24) is 5.32 Å². The normalized spacial score (nSPS) is 11.0. The molecule has 0 atom stereocenters. The largest absolute Gasteiger partial charge is 0.494 e. The fourth-order valence-corrected chi connectivity index (χ4v) is 2.95. The third-order valence-electron chi connectivity index (χ3n) is 4.45. The predicted molar refractivity (Wildman–Crippen MR) is 127 cm³/mol. The number of anilines is 2. The number of rotatable bonds is 11. The molecular weight excluding hydrogens is 390 g/mol. The molecule has 0 unspecified atom stereocenters. The van der Waals surface area contributed by atoms with E-state index in [1.807, 2.05) is 45.0 Å². The monoisotopic (exact) mass is 425 g/mol. The van der Waals surface area contributed by atoms with E-state index in [-0.39, 0.29) is 23.9 Å². The van der Waals surface area contributed by atoms with E-state index in [1.165, 1.54) is 19.3 Å². The van der Waals surface area contributed by atoms with Crippen molar-refractivity contribution >= 4 is 23.2 Å². The predicted octanol–water partition coefficient (Wildman–Crippen LogP) is 5.22. The number of carbonyl (C=O) groups is 2. The Morgan fingerprint density at radius 1 is 0.935 bits per heavy atom. The third-order valence-corrected chi connectivity index (χ3v) is 4.45. The first-order valence-corrected chi connectivity index (χ1v) is 11.0. The van der Waals surface area contributed by atoms with Gasteiger partial charge in [-0.15, -0.1) is 0 Å². The molecule has 2 aromatic rings. The number of ether oxygens (including phenoxy) is 1. The van der Waals surface area contributed by atoms with Gasteiger partial charge >= 0.3 is 0 Å². The molecule has 0 saturated heterocycles. The Bertz CT molecular complexity index is 859. The summed E-state index contributed by atoms with van der Waals surface area (Å²) >= 11 is 0. The number of hydrogen-bond acceptors (Lipinski definition) is 4. The highest BCUT2D eigenvalue weighted by Gasteiger charge is 2.15. The van der Waals surface area contributed by atoms with E-state index >= 15 is 0 Å². The molecule has 0 saturated carbocycles. The van der Waals surface area contributed by atoms with Gasteiger partial charge < -0.3 is 20.7 Å². The Hall–Kier alpha value is -3.02. The first-order chi connectivity index (χ1) is 14.8. The zero-order chi connectivity index (χ0) is 22.7. The molecule has 0 bridgehead atoms. The van der Waals surface area contributed by atoms with Crippen molar-refractivity contribution in [2.24, 2.45) is 0 Å². The Morgan fingerprint density at radius 2 is 1.68 bits per heavy atom. The zero-order valence-corrected chi connectivity index (χ0v) is 19.1. The van der Waals surface area contributed by atoms with Crippen LogP contribution in [-0.4, -0.2) is 30.5 Å². The Balaban J connectivity index is 1.83. The number of amides is 2. The molecule has 3 N–H and O–H groups in total. The zero-order valence-electron chi connectivity index (χ0n) is 19.1. The average molecular weight is 426 g/mol. The molecule has 6 heteroatoms. The maximum atomic E-state index is 12.3. The standard InChI is InChI=1S/C25H35N3O3/c1-5-6-7-8-15-31-22-14-10-12-20(17-22)26-18-23(29)27-21-13-9-11-19(16-21)24(30)28-25(2,3)4/h9-14,16-17,26H,5-8,15,18H2,1-4H3,(H,27,29)(H,28,30). The minimum Gasteiger partial charge on any atom is -0.494 e. The van der Waals surface area contributed by atoms with Crippen LogP contribution in [0.3, 0.4) is 0 Å². The molecule has 0 fully saturated rings. The van der Waals surface area contributed by atoms with Crippen LogP contribution in [0.2, 0.25) is 0 Å². The number of nitrogens with one attached hydrogen (secondary N) is 3. The van der Waals surface area contributed by atoms with Crippen molar-refractivity contribution in [3.8, 4) is 5.75 Å². The van der Waals surface area contributed by atoms with Gasteiger partial charge in [0.05, 0.1) is 13.2 Å². The maximum Gasteiger partial charge on any atom is 0.251 e. The van der Waals surface area contributed by atoms with Gasteiger partial charge in [0.15, 0.2) is 0 Å².